The number of nitrogens with zero attached hydrogens (tertiary/aromatic N) is 1. The third-order valence-corrected chi connectivity index (χ3v) is 2.35. The van der Waals surface area contributed by atoms with Gasteiger partial charge in [-0.05, 0) is 26.8 Å². The first-order valence-corrected chi connectivity index (χ1v) is 5.40. The Bertz CT molecular complexity index is 187. The summed E-state index contributed by atoms with van der Waals surface area (Å²) in [4.78, 5) is 13.1. The number of esters is 1. The van der Waals surface area contributed by atoms with Crippen molar-refractivity contribution in [3.63, 3.8) is 0 Å². The van der Waals surface area contributed by atoms with E-state index in [9.17, 15) is 9.90 Å². The number of methoxy groups -OCH3 is 1. The van der Waals surface area contributed by atoms with Gasteiger partial charge in [-0.3, -0.25) is 4.79 Å². The molecule has 1 N–H and O–H groups in total. The molecule has 0 rings (SSSR count). The highest BCUT2D eigenvalue weighted by molar-refractivity contribution is 5.69. The largest absolute Gasteiger partial charge is 0.469 e. The van der Waals surface area contributed by atoms with Crippen molar-refractivity contribution in [2.45, 2.75) is 39.2 Å². The summed E-state index contributed by atoms with van der Waals surface area (Å²) < 4.78 is 4.58. The van der Waals surface area contributed by atoms with Crippen LogP contribution in [0.4, 0.5) is 0 Å². The third-order valence-electron chi connectivity index (χ3n) is 2.35. The van der Waals surface area contributed by atoms with Crippen LogP contribution < -0.4 is 0 Å². The summed E-state index contributed by atoms with van der Waals surface area (Å²) in [5, 5.41) is 9.57. The summed E-state index contributed by atoms with van der Waals surface area (Å²) >= 11 is 0. The lowest BCUT2D eigenvalue weighted by Gasteiger charge is -2.24. The fourth-order valence-corrected chi connectivity index (χ4v) is 1.21. The summed E-state index contributed by atoms with van der Waals surface area (Å²) in [5.41, 5.74) is -0.640. The van der Waals surface area contributed by atoms with E-state index in [4.69, 9.17) is 0 Å². The molecule has 0 heterocycles. The van der Waals surface area contributed by atoms with Crippen LogP contribution in [0.5, 0.6) is 0 Å². The molecule has 4 nitrogen and oxygen atoms in total. The normalized spacial score (nSPS) is 11.9. The molecule has 90 valence electrons. The SMILES string of the molecule is CCN(CCC(=O)OC)CCC(C)(C)O. The molecular formula is C11H23NO3. The van der Waals surface area contributed by atoms with E-state index >= 15 is 0 Å². The van der Waals surface area contributed by atoms with Crippen LogP contribution in [-0.4, -0.2) is 48.3 Å². The van der Waals surface area contributed by atoms with Crippen LogP contribution in [0.2, 0.25) is 0 Å². The van der Waals surface area contributed by atoms with Crippen LogP contribution in [0.25, 0.3) is 0 Å². The van der Waals surface area contributed by atoms with Crippen LogP contribution in [0.1, 0.15) is 33.6 Å². The lowest BCUT2D eigenvalue weighted by molar-refractivity contribution is -0.141. The Kier molecular flexibility index (Phi) is 6.52. The van der Waals surface area contributed by atoms with Crippen molar-refractivity contribution < 1.29 is 14.6 Å². The summed E-state index contributed by atoms with van der Waals surface area (Å²) in [6, 6.07) is 0. The highest BCUT2D eigenvalue weighted by atomic mass is 16.5. The molecule has 0 amide bonds. The molecule has 15 heavy (non-hydrogen) atoms. The summed E-state index contributed by atoms with van der Waals surface area (Å²) in [6.07, 6.45) is 1.12. The molecular weight excluding hydrogens is 194 g/mol. The van der Waals surface area contributed by atoms with Crippen LogP contribution in [0.3, 0.4) is 0 Å². The maximum absolute atomic E-state index is 10.9. The van der Waals surface area contributed by atoms with Gasteiger partial charge in [0.05, 0.1) is 19.1 Å². The molecule has 0 aliphatic carbocycles. The summed E-state index contributed by atoms with van der Waals surface area (Å²) in [6.45, 7) is 8.01. The maximum Gasteiger partial charge on any atom is 0.306 e. The molecule has 0 aliphatic heterocycles. The highest BCUT2D eigenvalue weighted by Gasteiger charge is 2.14. The molecule has 0 unspecified atom stereocenters. The Labute approximate surface area is 92.2 Å². The zero-order valence-electron chi connectivity index (χ0n) is 10.2. The molecule has 0 saturated heterocycles. The Morgan fingerprint density at radius 3 is 2.40 bits per heavy atom. The number of rotatable bonds is 7. The van der Waals surface area contributed by atoms with Crippen LogP contribution in [0, 0.1) is 0 Å². The molecule has 0 atom stereocenters. The van der Waals surface area contributed by atoms with E-state index in [1.54, 1.807) is 13.8 Å². The molecule has 0 bridgehead atoms. The standard InChI is InChI=1S/C11H23NO3/c1-5-12(8-6-10(13)15-4)9-7-11(2,3)14/h14H,5-9H2,1-4H3. The van der Waals surface area contributed by atoms with Gasteiger partial charge < -0.3 is 14.7 Å². The molecule has 0 radical (unpaired) electrons. The second-order valence-corrected chi connectivity index (χ2v) is 4.32. The summed E-state index contributed by atoms with van der Waals surface area (Å²) in [5.74, 6) is -0.184. The molecule has 0 fully saturated rings. The van der Waals surface area contributed by atoms with E-state index in [1.165, 1.54) is 7.11 Å². The van der Waals surface area contributed by atoms with Gasteiger partial charge in [0.1, 0.15) is 0 Å². The first-order valence-electron chi connectivity index (χ1n) is 5.40. The Morgan fingerprint density at radius 1 is 1.40 bits per heavy atom. The molecule has 0 aromatic rings. The van der Waals surface area contributed by atoms with E-state index in [2.05, 4.69) is 9.64 Å². The number of carbonyl (C=O) groups excluding carboxylic acids is 1. The first-order chi connectivity index (χ1) is 6.89. The third kappa shape index (κ3) is 8.39. The fraction of sp³-hybridized carbons (Fsp3) is 0.909. The molecule has 0 aliphatic rings. The second-order valence-electron chi connectivity index (χ2n) is 4.32. The number of aliphatic hydroxyl groups is 1. The minimum Gasteiger partial charge on any atom is -0.469 e. The average Bonchev–Trinajstić information content (AvgIpc) is 2.16. The monoisotopic (exact) mass is 217 g/mol. The van der Waals surface area contributed by atoms with Gasteiger partial charge in [0.2, 0.25) is 0 Å². The average molecular weight is 217 g/mol. The van der Waals surface area contributed by atoms with Crippen molar-refractivity contribution in [1.82, 2.24) is 4.90 Å². The molecule has 0 aromatic heterocycles. The van der Waals surface area contributed by atoms with E-state index < -0.39 is 5.60 Å². The Morgan fingerprint density at radius 2 is 2.00 bits per heavy atom. The molecule has 0 spiro atoms. The van der Waals surface area contributed by atoms with E-state index in [-0.39, 0.29) is 5.97 Å². The highest BCUT2D eigenvalue weighted by Crippen LogP contribution is 2.08. The summed E-state index contributed by atoms with van der Waals surface area (Å²) in [7, 11) is 1.40. The van der Waals surface area contributed by atoms with E-state index in [1.807, 2.05) is 6.92 Å². The zero-order valence-corrected chi connectivity index (χ0v) is 10.2. The lowest BCUT2D eigenvalue weighted by atomic mass is 10.1. The first kappa shape index (κ1) is 14.4. The quantitative estimate of drug-likeness (QED) is 0.647. The van der Waals surface area contributed by atoms with Gasteiger partial charge in [-0.15, -0.1) is 0 Å². The predicted molar refractivity (Wildman–Crippen MR) is 59.7 cm³/mol. The smallest absolute Gasteiger partial charge is 0.306 e. The van der Waals surface area contributed by atoms with Crippen molar-refractivity contribution >= 4 is 5.97 Å². The van der Waals surface area contributed by atoms with Crippen LogP contribution >= 0.6 is 0 Å². The van der Waals surface area contributed by atoms with Crippen molar-refractivity contribution in [2.75, 3.05) is 26.7 Å². The number of ether oxygens (including phenoxy) is 1. The number of carbonyl (C=O) groups is 1. The van der Waals surface area contributed by atoms with Gasteiger partial charge in [-0.25, -0.2) is 0 Å². The lowest BCUT2D eigenvalue weighted by Crippen LogP contribution is -2.32. The van der Waals surface area contributed by atoms with E-state index in [0.29, 0.717) is 19.4 Å². The van der Waals surface area contributed by atoms with Crippen molar-refractivity contribution in [1.29, 1.82) is 0 Å². The molecule has 0 aromatic carbocycles. The van der Waals surface area contributed by atoms with Gasteiger partial charge in [0.15, 0.2) is 0 Å². The number of hydrogen-bond donors (Lipinski definition) is 1. The minimum absolute atomic E-state index is 0.184. The van der Waals surface area contributed by atoms with Gasteiger partial charge in [0.25, 0.3) is 0 Å². The van der Waals surface area contributed by atoms with Gasteiger partial charge >= 0.3 is 5.97 Å². The van der Waals surface area contributed by atoms with Gasteiger partial charge in [-0.2, -0.15) is 0 Å². The maximum atomic E-state index is 10.9. The predicted octanol–water partition coefficient (Wildman–Crippen LogP) is 1.03. The van der Waals surface area contributed by atoms with E-state index in [0.717, 1.165) is 13.1 Å². The van der Waals surface area contributed by atoms with Gasteiger partial charge in [0, 0.05) is 13.1 Å². The molecule has 0 saturated carbocycles. The van der Waals surface area contributed by atoms with Crippen molar-refractivity contribution in [3.8, 4) is 0 Å². The Balaban J connectivity index is 3.78. The molecule has 4 heteroatoms. The van der Waals surface area contributed by atoms with Gasteiger partial charge in [-0.1, -0.05) is 6.92 Å². The van der Waals surface area contributed by atoms with Crippen LogP contribution in [0.15, 0.2) is 0 Å². The zero-order chi connectivity index (χ0) is 11.9. The number of hydrogen-bond acceptors (Lipinski definition) is 4. The van der Waals surface area contributed by atoms with Crippen molar-refractivity contribution in [2.24, 2.45) is 0 Å². The fourth-order valence-electron chi connectivity index (χ4n) is 1.21. The Hall–Kier alpha value is -0.610. The second kappa shape index (κ2) is 6.80. The van der Waals surface area contributed by atoms with Crippen LogP contribution in [-0.2, 0) is 9.53 Å². The van der Waals surface area contributed by atoms with Crippen molar-refractivity contribution in [3.05, 3.63) is 0 Å². The minimum atomic E-state index is -0.640. The topological polar surface area (TPSA) is 49.8 Å².